The fourth-order valence-corrected chi connectivity index (χ4v) is 3.40. The van der Waals surface area contributed by atoms with E-state index in [1.54, 1.807) is 11.9 Å². The number of para-hydroxylation sites is 1. The van der Waals surface area contributed by atoms with Gasteiger partial charge in [-0.2, -0.15) is 0 Å². The molecule has 0 saturated heterocycles. The highest BCUT2D eigenvalue weighted by molar-refractivity contribution is 8.00. The molecule has 0 aliphatic rings. The molecule has 0 bridgehead atoms. The molecule has 134 valence electrons. The largest absolute Gasteiger partial charge is 0.315 e. The molecule has 1 N–H and O–H groups in total. The summed E-state index contributed by atoms with van der Waals surface area (Å²) in [6.45, 7) is 4.00. The average Bonchev–Trinajstić information content (AvgIpc) is 3.16. The van der Waals surface area contributed by atoms with Crippen LogP contribution in [0.15, 0.2) is 59.8 Å². The zero-order valence-electron chi connectivity index (χ0n) is 15.1. The number of amides is 1. The summed E-state index contributed by atoms with van der Waals surface area (Å²) in [5, 5.41) is 7.49. The van der Waals surface area contributed by atoms with E-state index in [-0.39, 0.29) is 11.2 Å². The number of H-pyrrole nitrogens is 1. The third kappa shape index (κ3) is 4.14. The Labute approximate surface area is 157 Å². The van der Waals surface area contributed by atoms with Crippen molar-refractivity contribution in [2.75, 3.05) is 11.9 Å². The van der Waals surface area contributed by atoms with Crippen LogP contribution in [0.3, 0.4) is 0 Å². The molecule has 0 saturated carbocycles. The van der Waals surface area contributed by atoms with Gasteiger partial charge in [-0.05, 0) is 31.0 Å². The van der Waals surface area contributed by atoms with Crippen LogP contribution in [0.4, 0.5) is 5.69 Å². The lowest BCUT2D eigenvalue weighted by Gasteiger charge is -2.20. The first-order valence-electron chi connectivity index (χ1n) is 8.59. The third-order valence-corrected chi connectivity index (χ3v) is 5.15. The van der Waals surface area contributed by atoms with E-state index in [1.807, 2.05) is 49.4 Å². The van der Waals surface area contributed by atoms with Crippen molar-refractivity contribution in [3.8, 4) is 11.4 Å². The van der Waals surface area contributed by atoms with Crippen LogP contribution in [0.1, 0.15) is 19.4 Å². The standard InChI is InChI=1S/C20H22N4OS/c1-4-15-10-12-16(13-11-15)18-21-20(23-22-18)26-14(2)19(25)24(3)17-8-6-5-7-9-17/h5-14H,4H2,1-3H3,(H,21,22,23). The van der Waals surface area contributed by atoms with Crippen LogP contribution in [0.25, 0.3) is 11.4 Å². The molecule has 6 heteroatoms. The first-order valence-corrected chi connectivity index (χ1v) is 9.47. The number of carbonyl (C=O) groups is 1. The molecule has 0 fully saturated rings. The summed E-state index contributed by atoms with van der Waals surface area (Å²) in [4.78, 5) is 18.8. The van der Waals surface area contributed by atoms with E-state index in [0.29, 0.717) is 11.0 Å². The molecule has 1 heterocycles. The predicted octanol–water partition coefficient (Wildman–Crippen LogP) is 4.18. The van der Waals surface area contributed by atoms with Gasteiger partial charge in [0, 0.05) is 18.3 Å². The van der Waals surface area contributed by atoms with E-state index >= 15 is 0 Å². The molecule has 1 atom stereocenters. The Morgan fingerprint density at radius 3 is 2.50 bits per heavy atom. The number of benzene rings is 2. The van der Waals surface area contributed by atoms with Crippen LogP contribution in [0.5, 0.6) is 0 Å². The molecule has 2 aromatic carbocycles. The van der Waals surface area contributed by atoms with E-state index in [4.69, 9.17) is 0 Å². The van der Waals surface area contributed by atoms with Crippen molar-refractivity contribution in [2.45, 2.75) is 30.7 Å². The average molecular weight is 366 g/mol. The van der Waals surface area contributed by atoms with Crippen LogP contribution < -0.4 is 4.90 Å². The number of nitrogens with zero attached hydrogens (tertiary/aromatic N) is 3. The minimum absolute atomic E-state index is 0.0137. The van der Waals surface area contributed by atoms with Gasteiger partial charge in [0.2, 0.25) is 11.1 Å². The monoisotopic (exact) mass is 366 g/mol. The minimum atomic E-state index is -0.286. The Morgan fingerprint density at radius 2 is 1.85 bits per heavy atom. The Hall–Kier alpha value is -2.60. The number of hydrogen-bond acceptors (Lipinski definition) is 4. The van der Waals surface area contributed by atoms with E-state index < -0.39 is 0 Å². The summed E-state index contributed by atoms with van der Waals surface area (Å²) in [5.41, 5.74) is 3.14. The van der Waals surface area contributed by atoms with Gasteiger partial charge >= 0.3 is 0 Å². The van der Waals surface area contributed by atoms with Gasteiger partial charge in [-0.25, -0.2) is 4.98 Å². The highest BCUT2D eigenvalue weighted by Crippen LogP contribution is 2.25. The number of nitrogens with one attached hydrogen (secondary N) is 1. The van der Waals surface area contributed by atoms with Crippen molar-refractivity contribution in [1.82, 2.24) is 15.2 Å². The maximum absolute atomic E-state index is 12.6. The molecule has 0 spiro atoms. The summed E-state index contributed by atoms with van der Waals surface area (Å²) in [6.07, 6.45) is 1.01. The smallest absolute Gasteiger partial charge is 0.240 e. The quantitative estimate of drug-likeness (QED) is 0.665. The Bertz CT molecular complexity index is 861. The topological polar surface area (TPSA) is 61.9 Å². The number of rotatable bonds is 6. The van der Waals surface area contributed by atoms with Gasteiger partial charge in [-0.1, -0.05) is 61.2 Å². The maximum Gasteiger partial charge on any atom is 0.240 e. The van der Waals surface area contributed by atoms with E-state index in [1.165, 1.54) is 17.3 Å². The Kier molecular flexibility index (Phi) is 5.73. The van der Waals surface area contributed by atoms with Crippen molar-refractivity contribution in [3.63, 3.8) is 0 Å². The molecule has 1 amide bonds. The molecular formula is C20H22N4OS. The fraction of sp³-hybridized carbons (Fsp3) is 0.250. The molecule has 1 unspecified atom stereocenters. The summed E-state index contributed by atoms with van der Waals surface area (Å²) in [6, 6.07) is 17.8. The molecule has 0 radical (unpaired) electrons. The SMILES string of the molecule is CCc1ccc(-c2nc(SC(C)C(=O)N(C)c3ccccc3)n[nH]2)cc1. The molecule has 26 heavy (non-hydrogen) atoms. The van der Waals surface area contributed by atoms with Crippen LogP contribution in [-0.4, -0.2) is 33.4 Å². The number of anilines is 1. The molecule has 3 aromatic rings. The van der Waals surface area contributed by atoms with Crippen molar-refractivity contribution >= 4 is 23.4 Å². The van der Waals surface area contributed by atoms with Gasteiger partial charge in [0.25, 0.3) is 0 Å². The van der Waals surface area contributed by atoms with E-state index in [9.17, 15) is 4.79 Å². The van der Waals surface area contributed by atoms with Gasteiger partial charge in [-0.3, -0.25) is 9.89 Å². The van der Waals surface area contributed by atoms with Gasteiger partial charge in [0.15, 0.2) is 5.82 Å². The summed E-state index contributed by atoms with van der Waals surface area (Å²) < 4.78 is 0. The zero-order valence-corrected chi connectivity index (χ0v) is 16.0. The fourth-order valence-electron chi connectivity index (χ4n) is 2.59. The summed E-state index contributed by atoms with van der Waals surface area (Å²) in [7, 11) is 1.79. The second-order valence-corrected chi connectivity index (χ2v) is 7.32. The van der Waals surface area contributed by atoms with Gasteiger partial charge in [0.1, 0.15) is 0 Å². The number of hydrogen-bond donors (Lipinski definition) is 1. The van der Waals surface area contributed by atoms with Crippen molar-refractivity contribution in [3.05, 3.63) is 60.2 Å². The number of carbonyl (C=O) groups excluding carboxylic acids is 1. The third-order valence-electron chi connectivity index (χ3n) is 4.20. The molecule has 3 rings (SSSR count). The summed E-state index contributed by atoms with van der Waals surface area (Å²) in [5.74, 6) is 0.728. The lowest BCUT2D eigenvalue weighted by molar-refractivity contribution is -0.117. The Morgan fingerprint density at radius 1 is 1.15 bits per heavy atom. The first-order chi connectivity index (χ1) is 12.6. The summed E-state index contributed by atoms with van der Waals surface area (Å²) >= 11 is 1.35. The first kappa shape index (κ1) is 18.2. The van der Waals surface area contributed by atoms with Crippen LogP contribution in [0, 0.1) is 0 Å². The molecule has 0 aliphatic heterocycles. The number of aryl methyl sites for hydroxylation is 1. The van der Waals surface area contributed by atoms with Gasteiger partial charge in [-0.15, -0.1) is 5.10 Å². The zero-order chi connectivity index (χ0) is 18.5. The molecule has 0 aliphatic carbocycles. The second-order valence-electron chi connectivity index (χ2n) is 6.01. The highest BCUT2D eigenvalue weighted by atomic mass is 32.2. The second kappa shape index (κ2) is 8.19. The molecular weight excluding hydrogens is 344 g/mol. The number of thioether (sulfide) groups is 1. The van der Waals surface area contributed by atoms with Crippen molar-refractivity contribution in [1.29, 1.82) is 0 Å². The normalized spacial score (nSPS) is 12.0. The number of aromatic nitrogens is 3. The van der Waals surface area contributed by atoms with E-state index in [2.05, 4.69) is 34.2 Å². The number of aromatic amines is 1. The highest BCUT2D eigenvalue weighted by Gasteiger charge is 2.21. The van der Waals surface area contributed by atoms with Crippen LogP contribution >= 0.6 is 11.8 Å². The Balaban J connectivity index is 1.67. The van der Waals surface area contributed by atoms with Gasteiger partial charge < -0.3 is 4.90 Å². The molecule has 1 aromatic heterocycles. The van der Waals surface area contributed by atoms with Gasteiger partial charge in [0.05, 0.1) is 5.25 Å². The maximum atomic E-state index is 12.6. The van der Waals surface area contributed by atoms with E-state index in [0.717, 1.165) is 17.7 Å². The minimum Gasteiger partial charge on any atom is -0.315 e. The van der Waals surface area contributed by atoms with Crippen molar-refractivity contribution < 1.29 is 4.79 Å². The van der Waals surface area contributed by atoms with Crippen LogP contribution in [0.2, 0.25) is 0 Å². The lowest BCUT2D eigenvalue weighted by atomic mass is 10.1. The van der Waals surface area contributed by atoms with Crippen LogP contribution in [-0.2, 0) is 11.2 Å². The van der Waals surface area contributed by atoms with Crippen molar-refractivity contribution in [2.24, 2.45) is 0 Å². The predicted molar refractivity (Wildman–Crippen MR) is 106 cm³/mol. The molecule has 5 nitrogen and oxygen atoms in total. The lowest BCUT2D eigenvalue weighted by Crippen LogP contribution is -2.33.